The molecule has 1 heterocycles. The van der Waals surface area contributed by atoms with Crippen LogP contribution in [-0.4, -0.2) is 46.9 Å². The molecule has 1 fully saturated rings. The molecule has 3 aromatic carbocycles. The molecule has 0 spiro atoms. The average Bonchev–Trinajstić information content (AvgIpc) is 3.01. The van der Waals surface area contributed by atoms with Gasteiger partial charge < -0.3 is 0 Å². The first-order valence-corrected chi connectivity index (χ1v) is 15.8. The highest BCUT2D eigenvalue weighted by Gasteiger charge is 2.32. The summed E-state index contributed by atoms with van der Waals surface area (Å²) in [5.74, 6) is 0. The first-order chi connectivity index (χ1) is 20.6. The SMILES string of the molecule is CN(C1CCCCC1)S(=O)(=O)c1cc([N+](=O)[O-])ccc1N/N=C\c1ccc(Sc2cccc3cccnc23)c([N+](=O)[O-])c1. The summed E-state index contributed by atoms with van der Waals surface area (Å²) in [6, 6.07) is 17.3. The van der Waals surface area contributed by atoms with E-state index < -0.39 is 19.9 Å². The second-order valence-corrected chi connectivity index (χ2v) is 13.1. The summed E-state index contributed by atoms with van der Waals surface area (Å²) in [6.45, 7) is 0. The lowest BCUT2D eigenvalue weighted by Crippen LogP contribution is -2.38. The smallest absolute Gasteiger partial charge is 0.277 e. The van der Waals surface area contributed by atoms with Gasteiger partial charge in [-0.2, -0.15) is 9.41 Å². The van der Waals surface area contributed by atoms with Crippen molar-refractivity contribution in [3.8, 4) is 0 Å². The maximum Gasteiger partial charge on any atom is 0.283 e. The van der Waals surface area contributed by atoms with Gasteiger partial charge in [-0.05, 0) is 37.1 Å². The highest BCUT2D eigenvalue weighted by molar-refractivity contribution is 7.99. The van der Waals surface area contributed by atoms with Gasteiger partial charge in [0.05, 0.1) is 32.2 Å². The van der Waals surface area contributed by atoms with Crippen molar-refractivity contribution < 1.29 is 18.3 Å². The van der Waals surface area contributed by atoms with Gasteiger partial charge in [-0.15, -0.1) is 0 Å². The number of hydrazone groups is 1. The second-order valence-electron chi connectivity index (χ2n) is 10.0. The molecule has 222 valence electrons. The van der Waals surface area contributed by atoms with Crippen molar-refractivity contribution in [1.82, 2.24) is 9.29 Å². The zero-order chi connectivity index (χ0) is 30.6. The Labute approximate surface area is 252 Å². The van der Waals surface area contributed by atoms with Crippen LogP contribution in [0.3, 0.4) is 0 Å². The van der Waals surface area contributed by atoms with E-state index in [1.807, 2.05) is 30.3 Å². The minimum atomic E-state index is -4.09. The Balaban J connectivity index is 1.41. The summed E-state index contributed by atoms with van der Waals surface area (Å²) < 4.78 is 28.4. The lowest BCUT2D eigenvalue weighted by molar-refractivity contribution is -0.387. The molecule has 1 saturated carbocycles. The molecule has 0 unspecified atom stereocenters. The summed E-state index contributed by atoms with van der Waals surface area (Å²) in [7, 11) is -2.60. The number of nitro groups is 2. The molecule has 1 aromatic heterocycles. The lowest BCUT2D eigenvalue weighted by atomic mass is 9.96. The minimum absolute atomic E-state index is 0.0506. The molecule has 0 bridgehead atoms. The van der Waals surface area contributed by atoms with Crippen molar-refractivity contribution in [2.24, 2.45) is 5.10 Å². The maximum absolute atomic E-state index is 13.6. The molecule has 1 aliphatic rings. The van der Waals surface area contributed by atoms with E-state index in [0.717, 1.165) is 54.0 Å². The van der Waals surface area contributed by atoms with E-state index in [-0.39, 0.29) is 28.0 Å². The number of rotatable bonds is 10. The molecular formula is C29H28N6O6S2. The lowest BCUT2D eigenvalue weighted by Gasteiger charge is -2.30. The number of pyridine rings is 1. The third-order valence-electron chi connectivity index (χ3n) is 7.32. The third-order valence-corrected chi connectivity index (χ3v) is 10.4. The fourth-order valence-corrected chi connectivity index (χ4v) is 7.62. The number of para-hydroxylation sites is 1. The van der Waals surface area contributed by atoms with Crippen LogP contribution in [0.1, 0.15) is 37.7 Å². The molecule has 12 nitrogen and oxygen atoms in total. The van der Waals surface area contributed by atoms with E-state index in [2.05, 4.69) is 15.5 Å². The standard InChI is InChI=1S/C29H28N6O6S2/c1-33(22-9-3-2-4-10-22)43(40,41)28-18-23(34(36)37)13-14-24(28)32-31-19-20-12-15-26(25(17-20)35(38)39)42-27-11-5-7-21-8-6-16-30-29(21)27/h5-8,11-19,22,32H,2-4,9-10H2,1H3/b31-19-. The van der Waals surface area contributed by atoms with Crippen LogP contribution in [0.15, 0.2) is 92.7 Å². The van der Waals surface area contributed by atoms with Crippen LogP contribution in [-0.2, 0) is 10.0 Å². The Hall–Kier alpha value is -4.40. The summed E-state index contributed by atoms with van der Waals surface area (Å²) in [6.07, 6.45) is 7.30. The van der Waals surface area contributed by atoms with Crippen molar-refractivity contribution in [2.45, 2.75) is 52.8 Å². The Morgan fingerprint density at radius 2 is 1.74 bits per heavy atom. The number of hydrogen-bond donors (Lipinski definition) is 1. The fourth-order valence-electron chi connectivity index (χ4n) is 5.02. The highest BCUT2D eigenvalue weighted by Crippen LogP contribution is 2.38. The predicted octanol–water partition coefficient (Wildman–Crippen LogP) is 6.60. The quantitative estimate of drug-likeness (QED) is 0.117. The van der Waals surface area contributed by atoms with Crippen LogP contribution in [0.25, 0.3) is 10.9 Å². The summed E-state index contributed by atoms with van der Waals surface area (Å²) in [5.41, 5.74) is 3.36. The first-order valence-electron chi connectivity index (χ1n) is 13.5. The van der Waals surface area contributed by atoms with E-state index in [4.69, 9.17) is 0 Å². The molecule has 0 atom stereocenters. The Morgan fingerprint density at radius 3 is 2.49 bits per heavy atom. The van der Waals surface area contributed by atoms with Gasteiger partial charge in [-0.25, -0.2) is 8.42 Å². The Morgan fingerprint density at radius 1 is 0.977 bits per heavy atom. The van der Waals surface area contributed by atoms with Gasteiger partial charge in [0.1, 0.15) is 4.90 Å². The van der Waals surface area contributed by atoms with Crippen LogP contribution >= 0.6 is 11.8 Å². The highest BCUT2D eigenvalue weighted by atomic mass is 32.2. The predicted molar refractivity (Wildman–Crippen MR) is 165 cm³/mol. The van der Waals surface area contributed by atoms with Crippen LogP contribution < -0.4 is 5.43 Å². The van der Waals surface area contributed by atoms with Crippen LogP contribution in [0.4, 0.5) is 17.1 Å². The number of hydrogen-bond acceptors (Lipinski definition) is 10. The third kappa shape index (κ3) is 6.66. The average molecular weight is 621 g/mol. The zero-order valence-electron chi connectivity index (χ0n) is 23.1. The van der Waals surface area contributed by atoms with E-state index in [1.54, 1.807) is 18.3 Å². The van der Waals surface area contributed by atoms with Crippen LogP contribution in [0.5, 0.6) is 0 Å². The van der Waals surface area contributed by atoms with E-state index in [0.29, 0.717) is 10.5 Å². The van der Waals surface area contributed by atoms with Crippen molar-refractivity contribution >= 4 is 56.0 Å². The van der Waals surface area contributed by atoms with Crippen molar-refractivity contribution in [2.75, 3.05) is 12.5 Å². The number of benzene rings is 3. The van der Waals surface area contributed by atoms with Gasteiger partial charge in [-0.3, -0.25) is 30.6 Å². The van der Waals surface area contributed by atoms with Crippen molar-refractivity contribution in [3.05, 3.63) is 98.7 Å². The zero-order valence-corrected chi connectivity index (χ0v) is 24.8. The number of sulfonamides is 1. The number of fused-ring (bicyclic) bond motifs is 1. The van der Waals surface area contributed by atoms with Crippen molar-refractivity contribution in [3.63, 3.8) is 0 Å². The fraction of sp³-hybridized carbons (Fsp3) is 0.241. The Kier molecular flexibility index (Phi) is 8.99. The molecule has 0 saturated heterocycles. The van der Waals surface area contributed by atoms with E-state index in [9.17, 15) is 28.6 Å². The number of nitrogens with zero attached hydrogens (tertiary/aromatic N) is 5. The number of nitro benzene ring substituents is 2. The Bertz CT molecular complexity index is 1820. The van der Waals surface area contributed by atoms with Gasteiger partial charge in [0.25, 0.3) is 11.4 Å². The van der Waals surface area contributed by atoms with Gasteiger partial charge in [-0.1, -0.05) is 55.3 Å². The first kappa shape index (κ1) is 30.1. The molecule has 4 aromatic rings. The van der Waals surface area contributed by atoms with E-state index in [1.165, 1.54) is 47.5 Å². The summed E-state index contributed by atoms with van der Waals surface area (Å²) >= 11 is 1.23. The topological polar surface area (TPSA) is 161 Å². The molecule has 0 radical (unpaired) electrons. The second kappa shape index (κ2) is 12.9. The van der Waals surface area contributed by atoms with Gasteiger partial charge in [0.2, 0.25) is 10.0 Å². The number of anilines is 1. The molecule has 14 heteroatoms. The number of nitrogens with one attached hydrogen (secondary N) is 1. The molecular weight excluding hydrogens is 592 g/mol. The maximum atomic E-state index is 13.6. The van der Waals surface area contributed by atoms with E-state index >= 15 is 0 Å². The molecule has 43 heavy (non-hydrogen) atoms. The van der Waals surface area contributed by atoms with Gasteiger partial charge >= 0.3 is 0 Å². The van der Waals surface area contributed by atoms with Crippen LogP contribution in [0, 0.1) is 20.2 Å². The molecule has 1 N–H and O–H groups in total. The minimum Gasteiger partial charge on any atom is -0.277 e. The summed E-state index contributed by atoms with van der Waals surface area (Å²) in [5, 5.41) is 28.4. The molecule has 0 aliphatic heterocycles. The summed E-state index contributed by atoms with van der Waals surface area (Å²) in [4.78, 5) is 27.6. The van der Waals surface area contributed by atoms with Gasteiger partial charge in [0, 0.05) is 53.3 Å². The molecule has 5 rings (SSSR count). The van der Waals surface area contributed by atoms with Crippen molar-refractivity contribution in [1.29, 1.82) is 0 Å². The van der Waals surface area contributed by atoms with Crippen LogP contribution in [0.2, 0.25) is 0 Å². The number of aromatic nitrogens is 1. The monoisotopic (exact) mass is 620 g/mol. The largest absolute Gasteiger partial charge is 0.283 e. The number of non-ortho nitro benzene ring substituents is 1. The molecule has 1 aliphatic carbocycles. The normalized spacial score (nSPS) is 14.4. The molecule has 0 amide bonds. The van der Waals surface area contributed by atoms with Gasteiger partial charge in [0.15, 0.2) is 0 Å².